The van der Waals surface area contributed by atoms with Crippen molar-refractivity contribution < 1.29 is 19.5 Å². The summed E-state index contributed by atoms with van der Waals surface area (Å²) >= 11 is 1.46. The Bertz CT molecular complexity index is 605. The van der Waals surface area contributed by atoms with Crippen LogP contribution in [0.1, 0.15) is 19.8 Å². The minimum atomic E-state index is -0.914. The van der Waals surface area contributed by atoms with Gasteiger partial charge in [0.05, 0.1) is 17.4 Å². The first-order chi connectivity index (χ1) is 11.0. The second kappa shape index (κ2) is 8.01. The lowest BCUT2D eigenvalue weighted by Crippen LogP contribution is -2.44. The van der Waals surface area contributed by atoms with Gasteiger partial charge in [-0.25, -0.2) is 0 Å². The molecule has 0 aliphatic carbocycles. The molecule has 1 aliphatic heterocycles. The summed E-state index contributed by atoms with van der Waals surface area (Å²) in [4.78, 5) is 37.7. The van der Waals surface area contributed by atoms with Gasteiger partial charge in [-0.05, 0) is 18.6 Å². The molecule has 124 valence electrons. The van der Waals surface area contributed by atoms with Crippen molar-refractivity contribution in [1.29, 1.82) is 0 Å². The molecule has 1 heterocycles. The van der Waals surface area contributed by atoms with E-state index in [0.29, 0.717) is 12.2 Å². The Balaban J connectivity index is 1.97. The van der Waals surface area contributed by atoms with Crippen LogP contribution >= 0.6 is 11.8 Å². The Kier molecular flexibility index (Phi) is 6.04. The molecule has 2 amide bonds. The molecule has 1 aromatic rings. The lowest BCUT2D eigenvalue weighted by Gasteiger charge is -2.28. The summed E-state index contributed by atoms with van der Waals surface area (Å²) in [5.41, 5.74) is 0.729. The highest BCUT2D eigenvalue weighted by Crippen LogP contribution is 2.34. The molecule has 23 heavy (non-hydrogen) atoms. The van der Waals surface area contributed by atoms with Crippen molar-refractivity contribution in [2.45, 2.75) is 24.7 Å². The molecule has 0 spiro atoms. The van der Waals surface area contributed by atoms with Crippen LogP contribution in [0.3, 0.4) is 0 Å². The van der Waals surface area contributed by atoms with Gasteiger partial charge >= 0.3 is 5.97 Å². The molecular weight excluding hydrogens is 316 g/mol. The van der Waals surface area contributed by atoms with Crippen molar-refractivity contribution in [2.75, 3.05) is 23.7 Å². The standard InChI is InChI=1S/C16H20N2O4S/c1-2-5-11(16(21)22)8-17-14(19)9-18-12-6-3-4-7-13(12)23-10-15(18)20/h3-4,6-7,11H,2,5,8-10H2,1H3,(H,17,19)(H,21,22). The van der Waals surface area contributed by atoms with Gasteiger partial charge in [0.25, 0.3) is 0 Å². The fourth-order valence-electron chi connectivity index (χ4n) is 2.43. The van der Waals surface area contributed by atoms with Crippen LogP contribution in [-0.4, -0.2) is 41.7 Å². The normalized spacial score (nSPS) is 15.0. The molecule has 0 saturated carbocycles. The van der Waals surface area contributed by atoms with Crippen molar-refractivity contribution in [3.05, 3.63) is 24.3 Å². The summed E-state index contributed by atoms with van der Waals surface area (Å²) in [7, 11) is 0. The van der Waals surface area contributed by atoms with Crippen LogP contribution in [0.4, 0.5) is 5.69 Å². The van der Waals surface area contributed by atoms with Crippen LogP contribution in [0.15, 0.2) is 29.2 Å². The van der Waals surface area contributed by atoms with Crippen LogP contribution < -0.4 is 10.2 Å². The molecule has 1 atom stereocenters. The van der Waals surface area contributed by atoms with Crippen LogP contribution in [0.2, 0.25) is 0 Å². The van der Waals surface area contributed by atoms with Crippen LogP contribution in [-0.2, 0) is 14.4 Å². The van der Waals surface area contributed by atoms with Gasteiger partial charge in [0.1, 0.15) is 6.54 Å². The van der Waals surface area contributed by atoms with Gasteiger partial charge in [0, 0.05) is 11.4 Å². The number of thioether (sulfide) groups is 1. The average Bonchev–Trinajstić information content (AvgIpc) is 2.54. The van der Waals surface area contributed by atoms with Gasteiger partial charge in [-0.15, -0.1) is 11.8 Å². The third kappa shape index (κ3) is 4.48. The summed E-state index contributed by atoms with van der Waals surface area (Å²) in [6, 6.07) is 7.44. The number of carbonyl (C=O) groups is 3. The Labute approximate surface area is 139 Å². The molecule has 2 rings (SSSR count). The summed E-state index contributed by atoms with van der Waals surface area (Å²) in [5, 5.41) is 11.7. The Morgan fingerprint density at radius 3 is 2.83 bits per heavy atom. The smallest absolute Gasteiger partial charge is 0.308 e. The van der Waals surface area contributed by atoms with Crippen molar-refractivity contribution in [2.24, 2.45) is 5.92 Å². The van der Waals surface area contributed by atoms with E-state index in [1.54, 1.807) is 0 Å². The van der Waals surface area contributed by atoms with Crippen LogP contribution in [0, 0.1) is 5.92 Å². The number of nitrogens with zero attached hydrogens (tertiary/aromatic N) is 1. The fourth-order valence-corrected chi connectivity index (χ4v) is 3.36. The molecule has 7 heteroatoms. The summed E-state index contributed by atoms with van der Waals surface area (Å²) < 4.78 is 0. The molecule has 0 radical (unpaired) electrons. The molecule has 0 aromatic heterocycles. The Morgan fingerprint density at radius 2 is 2.13 bits per heavy atom. The summed E-state index contributed by atoms with van der Waals surface area (Å²) in [5.74, 6) is -1.67. The zero-order chi connectivity index (χ0) is 16.8. The van der Waals surface area contributed by atoms with E-state index >= 15 is 0 Å². The van der Waals surface area contributed by atoms with Crippen molar-refractivity contribution >= 4 is 35.2 Å². The highest BCUT2D eigenvalue weighted by molar-refractivity contribution is 8.00. The third-order valence-electron chi connectivity index (χ3n) is 3.64. The quantitative estimate of drug-likeness (QED) is 0.792. The number of hydrogen-bond donors (Lipinski definition) is 2. The molecule has 0 fully saturated rings. The maximum absolute atomic E-state index is 12.1. The number of carbonyl (C=O) groups excluding carboxylic acids is 2. The number of para-hydroxylation sites is 1. The zero-order valence-electron chi connectivity index (χ0n) is 12.9. The van der Waals surface area contributed by atoms with Gasteiger partial charge in [-0.3, -0.25) is 14.4 Å². The lowest BCUT2D eigenvalue weighted by molar-refractivity contribution is -0.142. The van der Waals surface area contributed by atoms with E-state index in [4.69, 9.17) is 5.11 Å². The first-order valence-corrected chi connectivity index (χ1v) is 8.53. The minimum Gasteiger partial charge on any atom is -0.481 e. The predicted octanol–water partition coefficient (Wildman–Crippen LogP) is 1.74. The molecule has 0 saturated heterocycles. The van der Waals surface area contributed by atoms with E-state index in [0.717, 1.165) is 17.0 Å². The predicted molar refractivity (Wildman–Crippen MR) is 88.6 cm³/mol. The maximum atomic E-state index is 12.1. The Hall–Kier alpha value is -2.02. The van der Waals surface area contributed by atoms with Gasteiger partial charge in [-0.1, -0.05) is 25.5 Å². The minimum absolute atomic E-state index is 0.0838. The number of benzene rings is 1. The van der Waals surface area contributed by atoms with E-state index in [-0.39, 0.29) is 24.9 Å². The second-order valence-electron chi connectivity index (χ2n) is 5.36. The van der Waals surface area contributed by atoms with E-state index in [1.165, 1.54) is 16.7 Å². The molecule has 2 N–H and O–H groups in total. The zero-order valence-corrected chi connectivity index (χ0v) is 13.8. The number of amides is 2. The number of aliphatic carboxylic acids is 1. The van der Waals surface area contributed by atoms with Gasteiger partial charge in [0.15, 0.2) is 0 Å². The van der Waals surface area contributed by atoms with Crippen LogP contribution in [0.25, 0.3) is 0 Å². The van der Waals surface area contributed by atoms with Gasteiger partial charge < -0.3 is 15.3 Å². The van der Waals surface area contributed by atoms with E-state index in [1.807, 2.05) is 31.2 Å². The second-order valence-corrected chi connectivity index (χ2v) is 6.38. The molecule has 1 aliphatic rings. The van der Waals surface area contributed by atoms with Gasteiger partial charge in [0.2, 0.25) is 11.8 Å². The van der Waals surface area contributed by atoms with E-state index in [2.05, 4.69) is 5.32 Å². The van der Waals surface area contributed by atoms with Crippen LogP contribution in [0.5, 0.6) is 0 Å². The maximum Gasteiger partial charge on any atom is 0.308 e. The highest BCUT2D eigenvalue weighted by atomic mass is 32.2. The fraction of sp³-hybridized carbons (Fsp3) is 0.438. The number of carboxylic acids is 1. The third-order valence-corrected chi connectivity index (χ3v) is 4.69. The number of carboxylic acid groups (broad SMARTS) is 1. The molecule has 0 bridgehead atoms. The Morgan fingerprint density at radius 1 is 1.39 bits per heavy atom. The van der Waals surface area contributed by atoms with Crippen molar-refractivity contribution in [3.63, 3.8) is 0 Å². The number of rotatable bonds is 7. The monoisotopic (exact) mass is 336 g/mol. The molecule has 1 aromatic carbocycles. The van der Waals surface area contributed by atoms with Gasteiger partial charge in [-0.2, -0.15) is 0 Å². The van der Waals surface area contributed by atoms with E-state index in [9.17, 15) is 14.4 Å². The van der Waals surface area contributed by atoms with E-state index < -0.39 is 11.9 Å². The topological polar surface area (TPSA) is 86.7 Å². The average molecular weight is 336 g/mol. The number of fused-ring (bicyclic) bond motifs is 1. The number of anilines is 1. The lowest BCUT2D eigenvalue weighted by atomic mass is 10.0. The molecular formula is C16H20N2O4S. The molecule has 6 nitrogen and oxygen atoms in total. The first kappa shape index (κ1) is 17.3. The largest absolute Gasteiger partial charge is 0.481 e. The van der Waals surface area contributed by atoms with Crippen molar-refractivity contribution in [1.82, 2.24) is 5.32 Å². The number of hydrogen-bond acceptors (Lipinski definition) is 4. The summed E-state index contributed by atoms with van der Waals surface area (Å²) in [6.07, 6.45) is 1.25. The molecule has 1 unspecified atom stereocenters. The first-order valence-electron chi connectivity index (χ1n) is 7.54. The SMILES string of the molecule is CCCC(CNC(=O)CN1C(=O)CSc2ccccc21)C(=O)O. The highest BCUT2D eigenvalue weighted by Gasteiger charge is 2.26. The summed E-state index contributed by atoms with van der Waals surface area (Å²) in [6.45, 7) is 1.90. The number of nitrogens with one attached hydrogen (secondary N) is 1. The van der Waals surface area contributed by atoms with Crippen molar-refractivity contribution in [3.8, 4) is 0 Å².